The number of rotatable bonds is 3. The molecule has 0 saturated carbocycles. The van der Waals surface area contributed by atoms with Gasteiger partial charge >= 0.3 is 0 Å². The van der Waals surface area contributed by atoms with Gasteiger partial charge in [0.05, 0.1) is 19.8 Å². The number of benzene rings is 2. The molecule has 2 aliphatic heterocycles. The average Bonchev–Trinajstić information content (AvgIpc) is 2.66. The highest BCUT2D eigenvalue weighted by Gasteiger charge is 2.37. The number of hydrogen-bond donors (Lipinski definition) is 3. The van der Waals surface area contributed by atoms with Gasteiger partial charge in [0.15, 0.2) is 18.0 Å². The Hall–Kier alpha value is -1.89. The summed E-state index contributed by atoms with van der Waals surface area (Å²) >= 11 is 2.03. The molecule has 0 radical (unpaired) electrons. The van der Waals surface area contributed by atoms with Crippen LogP contribution in [-0.4, -0.2) is 35.4 Å². The van der Waals surface area contributed by atoms with Crippen molar-refractivity contribution < 1.29 is 27.8 Å². The molecule has 3 N–H and O–H groups in total. The molecule has 0 spiro atoms. The summed E-state index contributed by atoms with van der Waals surface area (Å²) in [5.74, 6) is -2.87. The lowest BCUT2D eigenvalue weighted by atomic mass is 9.98. The summed E-state index contributed by atoms with van der Waals surface area (Å²) in [6.07, 6.45) is -1.24. The number of halogens is 4. The van der Waals surface area contributed by atoms with Crippen LogP contribution in [0.2, 0.25) is 0 Å². The fraction of sp³-hybridized carbons (Fsp3) is 0.316. The number of hydrogen-bond acceptors (Lipinski definition) is 5. The molecule has 1 unspecified atom stereocenters. The molecule has 2 aromatic carbocycles. The van der Waals surface area contributed by atoms with Crippen molar-refractivity contribution in [2.75, 3.05) is 18.5 Å². The van der Waals surface area contributed by atoms with Crippen LogP contribution in [0, 0.1) is 17.5 Å². The number of nitrogens with one attached hydrogen (secondary N) is 2. The predicted octanol–water partition coefficient (Wildman–Crippen LogP) is 2.54. The second-order valence-corrected chi connectivity index (χ2v) is 8.80. The monoisotopic (exact) mass is 519 g/mol. The van der Waals surface area contributed by atoms with Crippen molar-refractivity contribution in [3.05, 3.63) is 64.5 Å². The van der Waals surface area contributed by atoms with Gasteiger partial charge in [0.25, 0.3) is 0 Å². The Morgan fingerprint density at radius 3 is 2.93 bits per heavy atom. The molecule has 0 bridgehead atoms. The summed E-state index contributed by atoms with van der Waals surface area (Å²) in [4.78, 5) is 14.0. The van der Waals surface area contributed by atoms with Crippen LogP contribution in [0.15, 0.2) is 30.3 Å². The number of nitrogens with zero attached hydrogens (tertiary/aromatic N) is 1. The lowest BCUT2D eigenvalue weighted by Crippen LogP contribution is -2.53. The van der Waals surface area contributed by atoms with Crippen molar-refractivity contribution in [1.82, 2.24) is 10.2 Å². The lowest BCUT2D eigenvalue weighted by molar-refractivity contribution is -0.127. The topological polar surface area (TPSA) is 73.8 Å². The van der Waals surface area contributed by atoms with Crippen molar-refractivity contribution in [2.24, 2.45) is 0 Å². The Balaban J connectivity index is 1.50. The van der Waals surface area contributed by atoms with Crippen molar-refractivity contribution in [2.45, 2.75) is 23.0 Å². The van der Waals surface area contributed by atoms with Crippen LogP contribution in [-0.2, 0) is 26.2 Å². The van der Waals surface area contributed by atoms with Gasteiger partial charge in [-0.3, -0.25) is 4.79 Å². The third-order valence-electron chi connectivity index (χ3n) is 4.92. The second-order valence-electron chi connectivity index (χ2n) is 6.95. The van der Waals surface area contributed by atoms with E-state index in [0.29, 0.717) is 5.56 Å². The van der Waals surface area contributed by atoms with Crippen LogP contribution in [0.25, 0.3) is 0 Å². The molecule has 0 aromatic heterocycles. The van der Waals surface area contributed by atoms with E-state index in [-0.39, 0.29) is 37.6 Å². The van der Waals surface area contributed by atoms with E-state index in [9.17, 15) is 23.1 Å². The molecular formula is C19H17F3IN3O3. The van der Waals surface area contributed by atoms with Gasteiger partial charge in [-0.05, 0) is 58.0 Å². The molecule has 10 heteroatoms. The molecule has 154 valence electrons. The number of aliphatic hydroxyl groups is 1. The zero-order valence-electron chi connectivity index (χ0n) is 15.0. The van der Waals surface area contributed by atoms with Crippen LogP contribution in [0.5, 0.6) is 0 Å². The number of aliphatic hydroxyl groups excluding tert-OH is 1. The van der Waals surface area contributed by atoms with Crippen molar-refractivity contribution >= 4 is 34.2 Å². The Labute approximate surface area is 178 Å². The Morgan fingerprint density at radius 1 is 1.34 bits per heavy atom. The lowest BCUT2D eigenvalue weighted by Gasteiger charge is -2.37. The fourth-order valence-corrected chi connectivity index (χ4v) is 4.59. The van der Waals surface area contributed by atoms with Crippen LogP contribution in [0.4, 0.5) is 18.9 Å². The number of amides is 1. The zero-order chi connectivity index (χ0) is 20.8. The van der Waals surface area contributed by atoms with Gasteiger partial charge in [0.1, 0.15) is 9.36 Å². The van der Waals surface area contributed by atoms with Crippen LogP contribution in [0.1, 0.15) is 16.7 Å². The first-order valence-corrected chi connectivity index (χ1v) is 9.87. The van der Waals surface area contributed by atoms with E-state index in [1.165, 1.54) is 23.1 Å². The van der Waals surface area contributed by atoms with E-state index < -0.39 is 33.3 Å². The summed E-state index contributed by atoms with van der Waals surface area (Å²) in [5, 5.41) is 15.7. The maximum atomic E-state index is 14.1. The first-order valence-electron chi connectivity index (χ1n) is 8.79. The first kappa shape index (κ1) is 20.4. The Kier molecular flexibility index (Phi) is 5.44. The minimum atomic E-state index is -1.24. The largest absolute Gasteiger partial charge is 0.373 e. The molecular weight excluding hydrogens is 502 g/mol. The molecule has 0 fully saturated rings. The summed E-state index contributed by atoms with van der Waals surface area (Å²) in [6.45, 7) is 0.00338. The third-order valence-corrected chi connectivity index (χ3v) is 6.09. The minimum absolute atomic E-state index is 0.0362. The zero-order valence-corrected chi connectivity index (χ0v) is 17.2. The van der Waals surface area contributed by atoms with Gasteiger partial charge in [-0.25, -0.2) is 18.1 Å². The van der Waals surface area contributed by atoms with Gasteiger partial charge in [-0.2, -0.15) is 0 Å². The maximum Gasteiger partial charge on any atom is 0.235 e. The molecule has 0 aliphatic carbocycles. The van der Waals surface area contributed by atoms with Crippen LogP contribution < -0.4 is 10.6 Å². The normalized spacial score (nSPS) is 23.7. The number of anilines is 1. The molecule has 6 nitrogen and oxygen atoms in total. The predicted molar refractivity (Wildman–Crippen MR) is 106 cm³/mol. The quantitative estimate of drug-likeness (QED) is 0.331. The molecule has 2 aliphatic rings. The van der Waals surface area contributed by atoms with Gasteiger partial charge < -0.3 is 20.5 Å². The number of ether oxygens (including phenoxy) is 1. The molecule has 2 aromatic rings. The fourth-order valence-electron chi connectivity index (χ4n) is 3.54. The molecule has 2 atom stereocenters. The van der Waals surface area contributed by atoms with Crippen molar-refractivity contribution in [3.8, 4) is 0 Å². The van der Waals surface area contributed by atoms with E-state index in [1.54, 1.807) is 6.07 Å². The van der Waals surface area contributed by atoms with E-state index in [0.717, 1.165) is 11.6 Å². The highest BCUT2D eigenvalue weighted by molar-refractivity contribution is 14.1. The number of fused-ring (bicyclic) bond motifs is 2. The summed E-state index contributed by atoms with van der Waals surface area (Å²) in [6, 6.07) is 6.59. The van der Waals surface area contributed by atoms with E-state index in [1.807, 2.05) is 22.6 Å². The van der Waals surface area contributed by atoms with E-state index in [2.05, 4.69) is 10.6 Å². The van der Waals surface area contributed by atoms with Gasteiger partial charge in [0, 0.05) is 17.8 Å². The standard InChI is InChI=1S/C19H17F3IN3O3/c20-11-1-2-13-10(5-11)8-29-9-19(13,23)25-16(27)7-26-6-12-15(24-18(26)28)4-3-14(21)17(12)22/h1-5,18,24,28H,6-9H2,(H,25,27)/t18?,19-/m1/s1. The molecule has 4 rings (SSSR count). The third kappa shape index (κ3) is 3.93. The average molecular weight is 519 g/mol. The number of carbonyl (C=O) groups is 1. The number of alkyl halides is 1. The van der Waals surface area contributed by atoms with Crippen molar-refractivity contribution in [3.63, 3.8) is 0 Å². The van der Waals surface area contributed by atoms with Gasteiger partial charge in [0.2, 0.25) is 5.91 Å². The molecule has 0 saturated heterocycles. The Bertz CT molecular complexity index is 977. The highest BCUT2D eigenvalue weighted by Crippen LogP contribution is 2.36. The highest BCUT2D eigenvalue weighted by atomic mass is 127. The van der Waals surface area contributed by atoms with Gasteiger partial charge in [-0.1, -0.05) is 6.07 Å². The molecule has 1 amide bonds. The van der Waals surface area contributed by atoms with E-state index in [4.69, 9.17) is 4.74 Å². The molecule has 29 heavy (non-hydrogen) atoms. The first-order chi connectivity index (χ1) is 13.8. The SMILES string of the molecule is O=C(CN1Cc2c(ccc(F)c2F)NC1O)N[C@]1(I)COCc2cc(F)ccc21. The number of carbonyl (C=O) groups excluding carboxylic acids is 1. The second kappa shape index (κ2) is 7.74. The van der Waals surface area contributed by atoms with Gasteiger partial charge in [-0.15, -0.1) is 0 Å². The van der Waals surface area contributed by atoms with Crippen molar-refractivity contribution in [1.29, 1.82) is 0 Å². The molecule has 2 heterocycles. The smallest absolute Gasteiger partial charge is 0.235 e. The maximum absolute atomic E-state index is 14.1. The van der Waals surface area contributed by atoms with Crippen LogP contribution in [0.3, 0.4) is 0 Å². The summed E-state index contributed by atoms with van der Waals surface area (Å²) < 4.78 is 45.7. The summed E-state index contributed by atoms with van der Waals surface area (Å²) in [7, 11) is 0. The Morgan fingerprint density at radius 2 is 2.14 bits per heavy atom. The van der Waals surface area contributed by atoms with Crippen LogP contribution >= 0.6 is 22.6 Å². The minimum Gasteiger partial charge on any atom is -0.373 e. The summed E-state index contributed by atoms with van der Waals surface area (Å²) in [5.41, 5.74) is 1.68. The van der Waals surface area contributed by atoms with E-state index >= 15 is 0 Å².